The summed E-state index contributed by atoms with van der Waals surface area (Å²) in [6, 6.07) is 9.59. The number of hydrogen-bond acceptors (Lipinski definition) is 8. The SMILES string of the molecule is COc1ccc([N+](=O)[O-])c(NC(=O)COC(=O)c2ccc(N3C(=O)[C@@H]4[C@@H](C)C=CC[C@H]4C3=O)cc2)c1. The van der Waals surface area contributed by atoms with Gasteiger partial charge in [0.05, 0.1) is 35.1 Å². The largest absolute Gasteiger partial charge is 0.497 e. The summed E-state index contributed by atoms with van der Waals surface area (Å²) < 4.78 is 10.0. The molecule has 2 aromatic rings. The number of benzene rings is 2. The number of fused-ring (bicyclic) bond motifs is 1. The predicted octanol–water partition coefficient (Wildman–Crippen LogP) is 3.10. The maximum atomic E-state index is 12.9. The lowest BCUT2D eigenvalue weighted by Crippen LogP contribution is -2.31. The fourth-order valence-electron chi connectivity index (χ4n) is 4.45. The minimum atomic E-state index is -0.817. The Morgan fingerprint density at radius 1 is 1.14 bits per heavy atom. The molecular weight excluding hydrogens is 470 g/mol. The summed E-state index contributed by atoms with van der Waals surface area (Å²) in [5.74, 6) is -2.65. The zero-order valence-electron chi connectivity index (χ0n) is 19.5. The third kappa shape index (κ3) is 4.67. The third-order valence-corrected chi connectivity index (χ3v) is 6.24. The van der Waals surface area contributed by atoms with E-state index in [1.165, 1.54) is 49.6 Å². The van der Waals surface area contributed by atoms with Gasteiger partial charge in [-0.1, -0.05) is 19.1 Å². The Morgan fingerprint density at radius 3 is 2.50 bits per heavy atom. The number of rotatable bonds is 7. The zero-order valence-corrected chi connectivity index (χ0v) is 19.5. The summed E-state index contributed by atoms with van der Waals surface area (Å²) in [5.41, 5.74) is 0.00793. The van der Waals surface area contributed by atoms with Crippen molar-refractivity contribution in [1.82, 2.24) is 0 Å². The van der Waals surface area contributed by atoms with Crippen molar-refractivity contribution in [3.63, 3.8) is 0 Å². The van der Waals surface area contributed by atoms with Crippen molar-refractivity contribution in [2.75, 3.05) is 23.9 Å². The van der Waals surface area contributed by atoms with Crippen LogP contribution in [-0.4, -0.2) is 42.3 Å². The number of amides is 3. The number of nitro groups is 1. The minimum Gasteiger partial charge on any atom is -0.497 e. The second kappa shape index (κ2) is 9.98. The lowest BCUT2D eigenvalue weighted by Gasteiger charge is -2.22. The van der Waals surface area contributed by atoms with E-state index in [9.17, 15) is 29.3 Å². The quantitative estimate of drug-likeness (QED) is 0.204. The van der Waals surface area contributed by atoms with E-state index in [1.807, 2.05) is 19.1 Å². The van der Waals surface area contributed by atoms with Gasteiger partial charge >= 0.3 is 5.97 Å². The molecule has 0 radical (unpaired) electrons. The standard InChI is InChI=1S/C25H23N3O8/c1-14-4-3-5-18-22(14)24(31)27(23(18)30)16-8-6-15(7-9-16)25(32)36-13-21(29)26-19-12-17(35-2)10-11-20(19)28(33)34/h3-4,6-12,14,18,22H,5,13H2,1-2H3,(H,26,29)/t14-,18+,22+/m0/s1. The summed E-state index contributed by atoms with van der Waals surface area (Å²) >= 11 is 0. The van der Waals surface area contributed by atoms with Gasteiger partial charge in [0.1, 0.15) is 11.4 Å². The second-order valence-corrected chi connectivity index (χ2v) is 8.48. The lowest BCUT2D eigenvalue weighted by molar-refractivity contribution is -0.383. The Kier molecular flexibility index (Phi) is 6.82. The summed E-state index contributed by atoms with van der Waals surface area (Å²) in [5, 5.41) is 13.5. The van der Waals surface area contributed by atoms with E-state index in [0.29, 0.717) is 17.9 Å². The number of methoxy groups -OCH3 is 1. The van der Waals surface area contributed by atoms with Crippen LogP contribution in [0.25, 0.3) is 0 Å². The number of nitro benzene ring substituents is 1. The Hall–Kier alpha value is -4.54. The molecule has 11 heteroatoms. The molecule has 0 unspecified atom stereocenters. The molecule has 3 amide bonds. The number of carbonyl (C=O) groups is 4. The van der Waals surface area contributed by atoms with Crippen LogP contribution in [0.3, 0.4) is 0 Å². The number of nitrogens with one attached hydrogen (secondary N) is 1. The average Bonchev–Trinajstić information content (AvgIpc) is 3.13. The fourth-order valence-corrected chi connectivity index (χ4v) is 4.45. The number of allylic oxidation sites excluding steroid dienone is 2. The molecule has 0 bridgehead atoms. The molecule has 1 saturated heterocycles. The first-order valence-corrected chi connectivity index (χ1v) is 11.1. The van der Waals surface area contributed by atoms with Crippen molar-refractivity contribution < 1.29 is 33.6 Å². The molecule has 186 valence electrons. The van der Waals surface area contributed by atoms with Crippen LogP contribution in [0.5, 0.6) is 5.75 Å². The Balaban J connectivity index is 1.38. The molecule has 2 aliphatic rings. The number of imide groups is 1. The number of anilines is 2. The molecule has 1 N–H and O–H groups in total. The van der Waals surface area contributed by atoms with E-state index in [4.69, 9.17) is 9.47 Å². The van der Waals surface area contributed by atoms with Crippen LogP contribution in [0.4, 0.5) is 17.1 Å². The molecule has 0 aromatic heterocycles. The normalized spacial score (nSPS) is 20.6. The van der Waals surface area contributed by atoms with E-state index in [-0.39, 0.29) is 40.6 Å². The number of carbonyl (C=O) groups excluding carboxylic acids is 4. The molecular formula is C25H23N3O8. The van der Waals surface area contributed by atoms with Gasteiger partial charge in [-0.05, 0) is 42.7 Å². The van der Waals surface area contributed by atoms with Gasteiger partial charge in [0.2, 0.25) is 11.8 Å². The number of esters is 1. The molecule has 11 nitrogen and oxygen atoms in total. The molecule has 0 saturated carbocycles. The highest BCUT2D eigenvalue weighted by Gasteiger charge is 2.50. The lowest BCUT2D eigenvalue weighted by atomic mass is 9.78. The van der Waals surface area contributed by atoms with Gasteiger partial charge in [0.15, 0.2) is 6.61 Å². The van der Waals surface area contributed by atoms with Crippen LogP contribution in [-0.2, 0) is 19.1 Å². The van der Waals surface area contributed by atoms with Crippen molar-refractivity contribution >= 4 is 40.8 Å². The molecule has 0 spiro atoms. The van der Waals surface area contributed by atoms with Crippen molar-refractivity contribution in [1.29, 1.82) is 0 Å². The first kappa shape index (κ1) is 24.6. The Bertz CT molecular complexity index is 1270. The molecule has 4 rings (SSSR count). The van der Waals surface area contributed by atoms with E-state index in [1.54, 1.807) is 0 Å². The number of nitrogens with zero attached hydrogens (tertiary/aromatic N) is 2. The van der Waals surface area contributed by atoms with E-state index in [2.05, 4.69) is 5.32 Å². The van der Waals surface area contributed by atoms with Crippen LogP contribution in [0.15, 0.2) is 54.6 Å². The first-order chi connectivity index (χ1) is 17.2. The monoisotopic (exact) mass is 493 g/mol. The van der Waals surface area contributed by atoms with Gasteiger partial charge in [-0.15, -0.1) is 0 Å². The Morgan fingerprint density at radius 2 is 1.86 bits per heavy atom. The van der Waals surface area contributed by atoms with Gasteiger partial charge in [0, 0.05) is 12.1 Å². The fraction of sp³-hybridized carbons (Fsp3) is 0.280. The summed E-state index contributed by atoms with van der Waals surface area (Å²) in [6.45, 7) is 1.22. The molecule has 1 heterocycles. The molecule has 3 atom stereocenters. The zero-order chi connectivity index (χ0) is 26.0. The second-order valence-electron chi connectivity index (χ2n) is 8.48. The van der Waals surface area contributed by atoms with Crippen LogP contribution < -0.4 is 15.0 Å². The highest BCUT2D eigenvalue weighted by atomic mass is 16.6. The summed E-state index contributed by atoms with van der Waals surface area (Å²) in [7, 11) is 1.38. The number of ether oxygens (including phenoxy) is 2. The average molecular weight is 493 g/mol. The smallest absolute Gasteiger partial charge is 0.338 e. The Labute approximate surface area is 205 Å². The molecule has 1 aliphatic heterocycles. The van der Waals surface area contributed by atoms with Crippen molar-refractivity contribution in [2.45, 2.75) is 13.3 Å². The van der Waals surface area contributed by atoms with Gasteiger partial charge in [-0.25, -0.2) is 4.79 Å². The van der Waals surface area contributed by atoms with E-state index >= 15 is 0 Å². The third-order valence-electron chi connectivity index (χ3n) is 6.24. The topological polar surface area (TPSA) is 145 Å². The van der Waals surface area contributed by atoms with Gasteiger partial charge < -0.3 is 14.8 Å². The minimum absolute atomic E-state index is 0.0380. The van der Waals surface area contributed by atoms with Crippen molar-refractivity contribution in [2.24, 2.45) is 17.8 Å². The van der Waals surface area contributed by atoms with Crippen LogP contribution in [0.1, 0.15) is 23.7 Å². The molecule has 2 aromatic carbocycles. The van der Waals surface area contributed by atoms with Crippen molar-refractivity contribution in [3.8, 4) is 5.75 Å². The summed E-state index contributed by atoms with van der Waals surface area (Å²) in [4.78, 5) is 62.0. The van der Waals surface area contributed by atoms with E-state index in [0.717, 1.165) is 4.90 Å². The number of hydrogen-bond donors (Lipinski definition) is 1. The van der Waals surface area contributed by atoms with Crippen LogP contribution >= 0.6 is 0 Å². The van der Waals surface area contributed by atoms with Gasteiger partial charge in [-0.3, -0.25) is 29.4 Å². The molecule has 36 heavy (non-hydrogen) atoms. The summed E-state index contributed by atoms with van der Waals surface area (Å²) in [6.07, 6.45) is 4.38. The van der Waals surface area contributed by atoms with Crippen molar-refractivity contribution in [3.05, 3.63) is 70.3 Å². The van der Waals surface area contributed by atoms with Gasteiger partial charge in [-0.2, -0.15) is 0 Å². The maximum absolute atomic E-state index is 12.9. The first-order valence-electron chi connectivity index (χ1n) is 11.1. The van der Waals surface area contributed by atoms with Gasteiger partial charge in [0.25, 0.3) is 11.6 Å². The highest BCUT2D eigenvalue weighted by Crippen LogP contribution is 2.40. The maximum Gasteiger partial charge on any atom is 0.338 e. The van der Waals surface area contributed by atoms with E-state index < -0.39 is 29.3 Å². The molecule has 1 fully saturated rings. The predicted molar refractivity (Wildman–Crippen MR) is 127 cm³/mol. The van der Waals surface area contributed by atoms with Crippen LogP contribution in [0.2, 0.25) is 0 Å². The van der Waals surface area contributed by atoms with Crippen LogP contribution in [0, 0.1) is 27.9 Å². The molecule has 1 aliphatic carbocycles. The highest BCUT2D eigenvalue weighted by molar-refractivity contribution is 6.22.